The van der Waals surface area contributed by atoms with E-state index in [2.05, 4.69) is 26.0 Å². The average molecular weight is 669 g/mol. The second-order valence-corrected chi connectivity index (χ2v) is 19.0. The Balaban J connectivity index is 2.10. The summed E-state index contributed by atoms with van der Waals surface area (Å²) in [6.07, 6.45) is 5.63. The van der Waals surface area contributed by atoms with Crippen LogP contribution >= 0.6 is 0 Å². The second kappa shape index (κ2) is 12.3. The number of fused-ring (bicyclic) bond motifs is 1. The number of rotatable bonds is 10. The molecule has 2 aliphatic carbocycles. The molecule has 4 rings (SSSR count). The summed E-state index contributed by atoms with van der Waals surface area (Å²) in [7, 11) is 0. The van der Waals surface area contributed by atoms with Crippen LogP contribution in [-0.2, 0) is 23.9 Å². The maximum Gasteiger partial charge on any atom is 0.183 e. The van der Waals surface area contributed by atoms with Crippen LogP contribution in [0.1, 0.15) is 135 Å². The quantitative estimate of drug-likeness (QED) is 0.180. The standard InChI is InChI=1S/C41H64O7/c1-24(2)16-15-19-39(14)26(18-17-25(3)4)21-40-22-30(37(10,11)46)47-32(40)27(20-29-36(8,9)28(23-42)38(12,13)48-29)31(43)41(39,34(40)45)33(44)35(5,6)7/h16-17,26,28-30,42,46H,15,18-23H2,1-14H3/t26-,28-,29-,30-,39+,40-,41-/m0/s1. The van der Waals surface area contributed by atoms with E-state index in [-0.39, 0.29) is 42.9 Å². The van der Waals surface area contributed by atoms with Gasteiger partial charge in [0, 0.05) is 36.4 Å². The molecule has 7 atom stereocenters. The molecule has 0 amide bonds. The lowest BCUT2D eigenvalue weighted by Gasteiger charge is -2.61. The lowest BCUT2D eigenvalue weighted by atomic mass is 9.37. The number of carbonyl (C=O) groups excluding carboxylic acids is 3. The molecule has 0 radical (unpaired) electrons. The van der Waals surface area contributed by atoms with E-state index in [1.807, 2.05) is 69.2 Å². The molecule has 270 valence electrons. The van der Waals surface area contributed by atoms with Crippen LogP contribution in [0.5, 0.6) is 0 Å². The lowest BCUT2D eigenvalue weighted by molar-refractivity contribution is -0.181. The molecule has 2 bridgehead atoms. The number of hydrogen-bond acceptors (Lipinski definition) is 7. The first-order chi connectivity index (χ1) is 21.7. The Kier molecular flexibility index (Phi) is 9.92. The third-order valence-corrected chi connectivity index (χ3v) is 12.7. The molecule has 7 nitrogen and oxygen atoms in total. The van der Waals surface area contributed by atoms with Crippen molar-refractivity contribution in [2.45, 2.75) is 159 Å². The van der Waals surface area contributed by atoms with Gasteiger partial charge in [-0.25, -0.2) is 0 Å². The minimum absolute atomic E-state index is 0.0724. The van der Waals surface area contributed by atoms with E-state index in [9.17, 15) is 10.2 Å². The van der Waals surface area contributed by atoms with Gasteiger partial charge in [0.15, 0.2) is 22.8 Å². The van der Waals surface area contributed by atoms with Crippen LogP contribution in [0.2, 0.25) is 0 Å². The largest absolute Gasteiger partial charge is 0.490 e. The van der Waals surface area contributed by atoms with Gasteiger partial charge in [-0.15, -0.1) is 0 Å². The van der Waals surface area contributed by atoms with E-state index < -0.39 is 56.3 Å². The number of ketones is 3. The van der Waals surface area contributed by atoms with Crippen molar-refractivity contribution in [3.8, 4) is 0 Å². The number of aliphatic hydroxyl groups excluding tert-OH is 1. The number of ether oxygens (including phenoxy) is 2. The van der Waals surface area contributed by atoms with Crippen LogP contribution in [0.4, 0.5) is 0 Å². The van der Waals surface area contributed by atoms with E-state index in [0.717, 1.165) is 11.1 Å². The Morgan fingerprint density at radius 3 is 2.00 bits per heavy atom. The predicted molar refractivity (Wildman–Crippen MR) is 189 cm³/mol. The van der Waals surface area contributed by atoms with Crippen molar-refractivity contribution in [3.05, 3.63) is 34.6 Å². The SMILES string of the molecule is CC(C)=CCC[C@]1(C)[C@@H](CC=C(C)C)C[C@]23C[C@@H](C(C)(C)O)OC2=C(C[C@@H]2OC(C)(C)[C@@H](CO)C2(C)C)C(=O)[C@]1(C(=O)C(C)(C)C)C3=O. The highest BCUT2D eigenvalue weighted by atomic mass is 16.5. The fourth-order valence-electron chi connectivity index (χ4n) is 9.84. The maximum absolute atomic E-state index is 15.8. The topological polar surface area (TPSA) is 110 Å². The highest BCUT2D eigenvalue weighted by Gasteiger charge is 2.79. The van der Waals surface area contributed by atoms with Crippen molar-refractivity contribution in [1.82, 2.24) is 0 Å². The average Bonchev–Trinajstić information content (AvgIpc) is 3.39. The Morgan fingerprint density at radius 2 is 1.52 bits per heavy atom. The summed E-state index contributed by atoms with van der Waals surface area (Å²) in [6, 6.07) is 0. The molecule has 1 spiro atoms. The van der Waals surface area contributed by atoms with Crippen molar-refractivity contribution < 1.29 is 34.1 Å². The molecule has 0 aromatic heterocycles. The minimum Gasteiger partial charge on any atom is -0.490 e. The van der Waals surface area contributed by atoms with E-state index in [1.54, 1.807) is 13.8 Å². The van der Waals surface area contributed by atoms with Gasteiger partial charge in [0.25, 0.3) is 0 Å². The monoisotopic (exact) mass is 668 g/mol. The van der Waals surface area contributed by atoms with Crippen molar-refractivity contribution in [2.75, 3.05) is 6.61 Å². The number of Topliss-reactive ketones (excluding diaryl/α,β-unsaturated/α-hetero) is 3. The Bertz CT molecular complexity index is 1420. The van der Waals surface area contributed by atoms with Crippen LogP contribution < -0.4 is 0 Å². The Morgan fingerprint density at radius 1 is 0.938 bits per heavy atom. The summed E-state index contributed by atoms with van der Waals surface area (Å²) in [5.74, 6) is -1.19. The molecule has 0 unspecified atom stereocenters. The third kappa shape index (κ3) is 5.82. The van der Waals surface area contributed by atoms with Crippen molar-refractivity contribution in [2.24, 2.45) is 38.9 Å². The molecule has 2 heterocycles. The molecule has 3 fully saturated rings. The Labute approximate surface area is 290 Å². The minimum atomic E-state index is -1.94. The van der Waals surface area contributed by atoms with Gasteiger partial charge in [-0.1, -0.05) is 64.8 Å². The van der Waals surface area contributed by atoms with Crippen molar-refractivity contribution in [3.63, 3.8) is 0 Å². The summed E-state index contributed by atoms with van der Waals surface area (Å²) in [5.41, 5.74) is -5.00. The summed E-state index contributed by atoms with van der Waals surface area (Å²) in [4.78, 5) is 46.8. The number of hydrogen-bond donors (Lipinski definition) is 2. The highest BCUT2D eigenvalue weighted by Crippen LogP contribution is 2.71. The fourth-order valence-corrected chi connectivity index (χ4v) is 9.84. The molecule has 0 aromatic carbocycles. The molecule has 1 saturated carbocycles. The smallest absolute Gasteiger partial charge is 0.183 e. The third-order valence-electron chi connectivity index (χ3n) is 12.7. The molecule has 48 heavy (non-hydrogen) atoms. The molecule has 2 aliphatic heterocycles. The molecular weight excluding hydrogens is 604 g/mol. The second-order valence-electron chi connectivity index (χ2n) is 19.0. The number of aliphatic hydroxyl groups is 2. The normalized spacial score (nSPS) is 35.7. The summed E-state index contributed by atoms with van der Waals surface area (Å²) < 4.78 is 13.3. The summed E-state index contributed by atoms with van der Waals surface area (Å²) >= 11 is 0. The molecule has 2 saturated heterocycles. The molecule has 4 aliphatic rings. The van der Waals surface area contributed by atoms with Gasteiger partial charge < -0.3 is 19.7 Å². The van der Waals surface area contributed by atoms with Gasteiger partial charge in [-0.2, -0.15) is 0 Å². The van der Waals surface area contributed by atoms with Crippen LogP contribution in [0.15, 0.2) is 34.6 Å². The Hall–Kier alpha value is -2.09. The van der Waals surface area contributed by atoms with Gasteiger partial charge in [-0.3, -0.25) is 14.4 Å². The van der Waals surface area contributed by atoms with Gasteiger partial charge in [0.05, 0.1) is 22.7 Å². The van der Waals surface area contributed by atoms with E-state index >= 15 is 14.4 Å². The summed E-state index contributed by atoms with van der Waals surface area (Å²) in [5, 5.41) is 21.8. The predicted octanol–water partition coefficient (Wildman–Crippen LogP) is 7.87. The first-order valence-corrected chi connectivity index (χ1v) is 18.1. The first-order valence-electron chi connectivity index (χ1n) is 18.1. The lowest BCUT2D eigenvalue weighted by Crippen LogP contribution is -2.71. The molecular formula is C41H64O7. The maximum atomic E-state index is 15.8. The zero-order valence-corrected chi connectivity index (χ0v) is 32.3. The summed E-state index contributed by atoms with van der Waals surface area (Å²) in [6.45, 7) is 27.0. The zero-order chi connectivity index (χ0) is 36.6. The van der Waals surface area contributed by atoms with Gasteiger partial charge in [0.2, 0.25) is 0 Å². The van der Waals surface area contributed by atoms with Crippen LogP contribution in [0.3, 0.4) is 0 Å². The number of carbonyl (C=O) groups is 3. The van der Waals surface area contributed by atoms with Crippen molar-refractivity contribution >= 4 is 17.3 Å². The first kappa shape index (κ1) is 38.7. The van der Waals surface area contributed by atoms with Gasteiger partial charge in [-0.05, 0) is 97.8 Å². The molecule has 2 N–H and O–H groups in total. The van der Waals surface area contributed by atoms with E-state index in [1.165, 1.54) is 0 Å². The molecule has 7 heteroatoms. The number of allylic oxidation sites excluding steroid dienone is 5. The van der Waals surface area contributed by atoms with E-state index in [0.29, 0.717) is 37.0 Å². The highest BCUT2D eigenvalue weighted by molar-refractivity contribution is 6.34. The zero-order valence-electron chi connectivity index (χ0n) is 32.3. The van der Waals surface area contributed by atoms with Crippen LogP contribution in [-0.4, -0.2) is 57.6 Å². The van der Waals surface area contributed by atoms with Crippen LogP contribution in [0.25, 0.3) is 0 Å². The van der Waals surface area contributed by atoms with Gasteiger partial charge in [0.1, 0.15) is 11.9 Å². The van der Waals surface area contributed by atoms with Crippen LogP contribution in [0, 0.1) is 38.9 Å². The molecule has 0 aromatic rings. The van der Waals surface area contributed by atoms with Gasteiger partial charge >= 0.3 is 0 Å². The van der Waals surface area contributed by atoms with E-state index in [4.69, 9.17) is 9.47 Å². The fraction of sp³-hybridized carbons (Fsp3) is 0.780. The van der Waals surface area contributed by atoms with Crippen molar-refractivity contribution in [1.29, 1.82) is 0 Å².